The van der Waals surface area contributed by atoms with Gasteiger partial charge in [-0.1, -0.05) is 81.3 Å². The van der Waals surface area contributed by atoms with Crippen molar-refractivity contribution in [2.45, 2.75) is 149 Å². The third kappa shape index (κ3) is 19.8. The minimum atomic E-state index is -6.21. The molecule has 5 aliphatic rings. The molecular weight excluding hydrogens is 1510 g/mol. The van der Waals surface area contributed by atoms with Crippen LogP contribution in [0.5, 0.6) is 11.6 Å². The predicted octanol–water partition coefficient (Wildman–Crippen LogP) is 11.7. The number of piperazine rings is 2. The second kappa shape index (κ2) is 35.1. The zero-order valence-electron chi connectivity index (χ0n) is 61.2. The molecule has 12 rings (SSSR count). The van der Waals surface area contributed by atoms with E-state index in [1.54, 1.807) is 28.6 Å². The monoisotopic (exact) mass is 1600 g/mol. The predicted molar refractivity (Wildman–Crippen MR) is 412 cm³/mol. The quantitative estimate of drug-likeness (QED) is 0.0207. The number of thioether (sulfide) groups is 1. The number of aromatic nitrogens is 2. The molecule has 0 bridgehead atoms. The highest BCUT2D eigenvalue weighted by Gasteiger charge is 2.49. The van der Waals surface area contributed by atoms with Crippen LogP contribution >= 0.6 is 34.7 Å². The fourth-order valence-electron chi connectivity index (χ4n) is 15.0. The average molecular weight is 1600 g/mol. The molecule has 3 fully saturated rings. The van der Waals surface area contributed by atoms with Gasteiger partial charge in [-0.2, -0.15) is 13.2 Å². The van der Waals surface area contributed by atoms with E-state index in [4.69, 9.17) is 25.6 Å². The van der Waals surface area contributed by atoms with E-state index in [1.807, 2.05) is 79.2 Å². The number of sulfone groups is 1. The van der Waals surface area contributed by atoms with E-state index in [1.165, 1.54) is 51.3 Å². The van der Waals surface area contributed by atoms with Gasteiger partial charge in [0.25, 0.3) is 31.6 Å². The van der Waals surface area contributed by atoms with Crippen LogP contribution in [0.1, 0.15) is 124 Å². The number of likely N-dealkylation sites (tertiary alicyclic amines) is 1. The molecule has 0 unspecified atom stereocenters. The number of carbonyl (C=O) groups excluding carboxylic acids is 4. The number of aliphatic hydroxyl groups is 2. The summed E-state index contributed by atoms with van der Waals surface area (Å²) in [5.41, 5.74) is 2.73. The number of allylic oxidation sites excluding steroid dienone is 1. The largest absolute Gasteiger partial charge is 0.501 e. The first-order valence-electron chi connectivity index (χ1n) is 36.8. The van der Waals surface area contributed by atoms with Crippen molar-refractivity contribution in [3.05, 3.63) is 166 Å². The molecule has 4 amide bonds. The highest BCUT2D eigenvalue weighted by atomic mass is 35.5. The summed E-state index contributed by atoms with van der Waals surface area (Å²) < 4.78 is 118. The number of hydrogen-bond acceptors (Lipinski definition) is 21. The Balaban J connectivity index is 0.615. The van der Waals surface area contributed by atoms with Crippen LogP contribution in [0.2, 0.25) is 5.02 Å². The maximum atomic E-state index is 14.7. The van der Waals surface area contributed by atoms with Gasteiger partial charge in [0.15, 0.2) is 5.76 Å². The third-order valence-electron chi connectivity index (χ3n) is 20.8. The van der Waals surface area contributed by atoms with Gasteiger partial charge in [-0.25, -0.2) is 26.5 Å². The van der Waals surface area contributed by atoms with Gasteiger partial charge in [0.05, 0.1) is 39.4 Å². The number of carbonyl (C=O) groups is 4. The summed E-state index contributed by atoms with van der Waals surface area (Å²) in [5.74, 6) is -1.75. The van der Waals surface area contributed by atoms with Crippen LogP contribution in [0.25, 0.3) is 16.0 Å². The number of aliphatic hydroxyl groups excluding tert-OH is 2. The number of β-amino-alcohol motifs (C(OH)–C–C–N with tert-alkyl or cyclic N) is 1. The van der Waals surface area contributed by atoms with Crippen LogP contribution in [-0.2, 0) is 47.4 Å². The molecular formula is C78H92ClF3N10O13S4. The number of thiazole rings is 1. The van der Waals surface area contributed by atoms with E-state index in [2.05, 4.69) is 61.5 Å². The number of halogens is 4. The summed E-state index contributed by atoms with van der Waals surface area (Å²) in [6.07, 6.45) is 4.07. The van der Waals surface area contributed by atoms with E-state index >= 15 is 0 Å². The maximum Gasteiger partial charge on any atom is 0.501 e. The van der Waals surface area contributed by atoms with Gasteiger partial charge < -0.3 is 49.5 Å². The lowest BCUT2D eigenvalue weighted by molar-refractivity contribution is -0.141. The summed E-state index contributed by atoms with van der Waals surface area (Å²) in [7, 11) is -11.2. The van der Waals surface area contributed by atoms with Crippen LogP contribution in [0.3, 0.4) is 0 Å². The van der Waals surface area contributed by atoms with Crippen LogP contribution in [0.15, 0.2) is 152 Å². The molecule has 5 aromatic carbocycles. The molecule has 109 heavy (non-hydrogen) atoms. The Bertz CT molecular complexity index is 4640. The van der Waals surface area contributed by atoms with Gasteiger partial charge >= 0.3 is 5.51 Å². The van der Waals surface area contributed by atoms with Gasteiger partial charge in [-0.3, -0.25) is 29.0 Å². The van der Waals surface area contributed by atoms with Crippen LogP contribution in [-0.4, -0.2) is 195 Å². The fourth-order valence-corrected chi connectivity index (χ4v) is 18.9. The summed E-state index contributed by atoms with van der Waals surface area (Å²) in [4.78, 5) is 69.1. The first-order chi connectivity index (χ1) is 52.1. The first-order valence-corrected chi connectivity index (χ1v) is 42.0. The number of ether oxygens (including phenoxy) is 2. The number of hydrogen-bond donors (Lipinski definition) is 5. The van der Waals surface area contributed by atoms with E-state index in [0.29, 0.717) is 101 Å². The zero-order valence-corrected chi connectivity index (χ0v) is 65.2. The van der Waals surface area contributed by atoms with Gasteiger partial charge in [0, 0.05) is 142 Å². The molecule has 0 saturated carbocycles. The van der Waals surface area contributed by atoms with Crippen molar-refractivity contribution < 1.29 is 73.4 Å². The number of amides is 4. The van der Waals surface area contributed by atoms with E-state index in [9.17, 15) is 59.4 Å². The fraction of sp³-hybridized carbons (Fsp3) is 0.462. The molecule has 0 radical (unpaired) electrons. The lowest BCUT2D eigenvalue weighted by atomic mass is 9.72. The number of unbranched alkanes of at least 4 members (excludes halogenated alkanes) is 1. The molecule has 0 spiro atoms. The molecule has 1 aliphatic carbocycles. The number of alkyl halides is 3. The zero-order chi connectivity index (χ0) is 77.4. The molecule has 6 heterocycles. The summed E-state index contributed by atoms with van der Waals surface area (Å²) >= 11 is 9.18. The van der Waals surface area contributed by atoms with Crippen molar-refractivity contribution in [3.8, 4) is 22.1 Å². The van der Waals surface area contributed by atoms with Crippen molar-refractivity contribution in [2.75, 3.05) is 94.6 Å². The summed E-state index contributed by atoms with van der Waals surface area (Å²) in [6.45, 7) is 13.8. The van der Waals surface area contributed by atoms with E-state index < -0.39 is 82.7 Å². The SMILES string of the molecule is CC(C)[C@H](C(=O)N1C[C@H](O)C[C@H]1C(=O)NCc1ccc2c(c1)OCc1ncsc1-2)c1cc(OCCCCC(=O)N2CCN(CC[C@H](CSc3ccccc3)Nc3ccc(S(=O)(=O)NC(=O)c4ccc(N5CCN(CC6=C(c7ccc(Cl)cc7)CCC(C)(C)C6)C[C@@H]5CCO)cc4)cc3S(=O)(=O)C(F)(F)F)CC2)no1. The molecule has 23 nitrogen and oxygen atoms in total. The lowest BCUT2D eigenvalue weighted by Gasteiger charge is -2.44. The van der Waals surface area contributed by atoms with Crippen molar-refractivity contribution in [3.63, 3.8) is 0 Å². The number of fused-ring (bicyclic) bond motifs is 3. The number of benzene rings is 5. The lowest BCUT2D eigenvalue weighted by Crippen LogP contribution is -2.54. The van der Waals surface area contributed by atoms with E-state index in [0.717, 1.165) is 75.8 Å². The smallest absolute Gasteiger partial charge is 0.487 e. The van der Waals surface area contributed by atoms with Crippen LogP contribution in [0.4, 0.5) is 24.5 Å². The Morgan fingerprint density at radius 1 is 0.881 bits per heavy atom. The number of rotatable bonds is 30. The van der Waals surface area contributed by atoms with Crippen LogP contribution in [0, 0.1) is 11.3 Å². The molecule has 5 N–H and O–H groups in total. The van der Waals surface area contributed by atoms with Crippen molar-refractivity contribution in [2.24, 2.45) is 11.3 Å². The molecule has 584 valence electrons. The minimum Gasteiger partial charge on any atom is -0.487 e. The average Bonchev–Trinajstić information content (AvgIpc) is 0.797. The number of nitrogens with one attached hydrogen (secondary N) is 3. The van der Waals surface area contributed by atoms with Gasteiger partial charge in [-0.15, -0.1) is 23.1 Å². The molecule has 31 heteroatoms. The van der Waals surface area contributed by atoms with Gasteiger partial charge in [0.2, 0.25) is 17.7 Å². The van der Waals surface area contributed by atoms with Crippen molar-refractivity contribution in [1.29, 1.82) is 0 Å². The summed E-state index contributed by atoms with van der Waals surface area (Å²) in [6, 6.07) is 31.3. The Hall–Kier alpha value is -8.07. The normalized spacial score (nSPS) is 19.1. The van der Waals surface area contributed by atoms with Crippen LogP contribution < -0.4 is 29.7 Å². The number of anilines is 2. The maximum absolute atomic E-state index is 14.7. The highest BCUT2D eigenvalue weighted by Crippen LogP contribution is 2.45. The Kier molecular flexibility index (Phi) is 25.9. The summed E-state index contributed by atoms with van der Waals surface area (Å²) in [5, 5.41) is 31.7. The standard InChI is InChI=1S/C78H92ClF3N10O13S4/c1-50(2)72(76(98)92-46-59(94)39-66(92)75(97)83-43-51-13-23-63-67(38-51)104-47-65-73(63)107-49-84-65)68-41-70(86-105-68)103-37-9-8-12-71(95)90-33-30-88(31-34-90)29-26-56(48-106-60-10-6-5-7-11-60)85-64-24-22-61(40-69(64)108(99,100)78(80,81)82)109(101,102)87-74(96)53-16-20-57(21-17-53)91-35-32-89(45-58(91)27-36-93)44-54-42-77(3,4)28-25-62(54)52-14-18-55(79)19-15-52/h5-7,10-11,13-24,38,40-41,49-50,56,58-59,66,72,85,93-94H,8-9,12,25-37,39,42-48H2,1-4H3,(H,83,97)(H,87,96)/t56-,58+,59-,66+,72+/m1/s1. The Morgan fingerprint density at radius 3 is 2.37 bits per heavy atom. The molecule has 7 aromatic rings. The second-order valence-electron chi connectivity index (χ2n) is 29.5. The van der Waals surface area contributed by atoms with Gasteiger partial charge in [-0.05, 0) is 157 Å². The van der Waals surface area contributed by atoms with Gasteiger partial charge in [0.1, 0.15) is 29.2 Å². The third-order valence-corrected chi connectivity index (χ3v) is 26.0. The minimum absolute atomic E-state index is 0.0363. The van der Waals surface area contributed by atoms with E-state index in [-0.39, 0.29) is 85.4 Å². The number of sulfonamides is 1. The molecule has 4 aliphatic heterocycles. The molecule has 3 saturated heterocycles. The first kappa shape index (κ1) is 80.4. The molecule has 5 atom stereocenters. The Morgan fingerprint density at radius 2 is 1.63 bits per heavy atom. The Labute approximate surface area is 646 Å². The van der Waals surface area contributed by atoms with Crippen molar-refractivity contribution >= 4 is 95.1 Å². The second-order valence-corrected chi connectivity index (χ2v) is 35.5. The molecule has 2 aromatic heterocycles. The number of nitrogens with zero attached hydrogens (tertiary/aromatic N) is 7. The van der Waals surface area contributed by atoms with Crippen molar-refractivity contribution in [1.82, 2.24) is 39.8 Å². The topological polar surface area (TPSA) is 287 Å². The highest BCUT2D eigenvalue weighted by molar-refractivity contribution is 7.99.